The Morgan fingerprint density at radius 3 is 2.85 bits per heavy atom. The van der Waals surface area contributed by atoms with E-state index in [1.165, 1.54) is 0 Å². The molecule has 0 radical (unpaired) electrons. The fourth-order valence-corrected chi connectivity index (χ4v) is 1.61. The Hall–Kier alpha value is -0.570. The normalized spacial score (nSPS) is 10.4. The standard InChI is InChI=1S/C10H14ClNO/c1-13-7-8-3-2-4-10(11)9(8)5-6-12/h2-4H,5-7,12H2,1H3. The van der Waals surface area contributed by atoms with Gasteiger partial charge in [-0.15, -0.1) is 0 Å². The Morgan fingerprint density at radius 2 is 2.23 bits per heavy atom. The van der Waals surface area contributed by atoms with Gasteiger partial charge in [-0.05, 0) is 30.2 Å². The van der Waals surface area contributed by atoms with Gasteiger partial charge in [-0.25, -0.2) is 0 Å². The second-order valence-electron chi connectivity index (χ2n) is 2.85. The number of benzene rings is 1. The average Bonchev–Trinajstić information content (AvgIpc) is 2.11. The van der Waals surface area contributed by atoms with Gasteiger partial charge in [0.25, 0.3) is 0 Å². The molecule has 0 amide bonds. The van der Waals surface area contributed by atoms with Crippen LogP contribution in [-0.4, -0.2) is 13.7 Å². The number of rotatable bonds is 4. The van der Waals surface area contributed by atoms with E-state index in [1.807, 2.05) is 18.2 Å². The van der Waals surface area contributed by atoms with Crippen LogP contribution in [0.2, 0.25) is 5.02 Å². The van der Waals surface area contributed by atoms with Gasteiger partial charge in [-0.1, -0.05) is 23.7 Å². The van der Waals surface area contributed by atoms with E-state index in [1.54, 1.807) is 7.11 Å². The van der Waals surface area contributed by atoms with Crippen molar-refractivity contribution < 1.29 is 4.74 Å². The second-order valence-corrected chi connectivity index (χ2v) is 3.26. The minimum Gasteiger partial charge on any atom is -0.380 e. The monoisotopic (exact) mass is 199 g/mol. The quantitative estimate of drug-likeness (QED) is 0.805. The molecule has 1 aromatic carbocycles. The van der Waals surface area contributed by atoms with Gasteiger partial charge in [0.2, 0.25) is 0 Å². The van der Waals surface area contributed by atoms with Crippen LogP contribution in [0.3, 0.4) is 0 Å². The molecule has 0 aliphatic carbocycles. The van der Waals surface area contributed by atoms with Crippen LogP contribution in [0.5, 0.6) is 0 Å². The zero-order valence-corrected chi connectivity index (χ0v) is 8.47. The first kappa shape index (κ1) is 10.5. The lowest BCUT2D eigenvalue weighted by Crippen LogP contribution is -2.06. The highest BCUT2D eigenvalue weighted by molar-refractivity contribution is 6.31. The van der Waals surface area contributed by atoms with Gasteiger partial charge in [-0.3, -0.25) is 0 Å². The molecule has 13 heavy (non-hydrogen) atoms. The Bertz CT molecular complexity index is 276. The molecule has 0 spiro atoms. The number of hydrogen-bond donors (Lipinski definition) is 1. The molecule has 0 bridgehead atoms. The van der Waals surface area contributed by atoms with Crippen molar-refractivity contribution in [3.8, 4) is 0 Å². The average molecular weight is 200 g/mol. The molecule has 0 saturated heterocycles. The molecule has 0 aliphatic rings. The lowest BCUT2D eigenvalue weighted by molar-refractivity contribution is 0.184. The molecule has 2 nitrogen and oxygen atoms in total. The van der Waals surface area contributed by atoms with Crippen LogP contribution in [0.15, 0.2) is 18.2 Å². The van der Waals surface area contributed by atoms with Crippen molar-refractivity contribution in [1.82, 2.24) is 0 Å². The fourth-order valence-electron chi connectivity index (χ4n) is 1.32. The minimum atomic E-state index is 0.593. The summed E-state index contributed by atoms with van der Waals surface area (Å²) in [7, 11) is 1.67. The fraction of sp³-hybridized carbons (Fsp3) is 0.400. The molecule has 1 rings (SSSR count). The molecule has 1 aromatic rings. The molecule has 0 unspecified atom stereocenters. The molecule has 0 saturated carbocycles. The first-order valence-corrected chi connectivity index (χ1v) is 4.62. The lowest BCUT2D eigenvalue weighted by Gasteiger charge is -2.09. The van der Waals surface area contributed by atoms with Crippen molar-refractivity contribution in [3.05, 3.63) is 34.3 Å². The van der Waals surface area contributed by atoms with Gasteiger partial charge in [0, 0.05) is 12.1 Å². The largest absolute Gasteiger partial charge is 0.380 e. The van der Waals surface area contributed by atoms with Crippen molar-refractivity contribution in [3.63, 3.8) is 0 Å². The second kappa shape index (κ2) is 5.22. The maximum absolute atomic E-state index is 6.03. The maximum Gasteiger partial charge on any atom is 0.0716 e. The molecule has 0 heterocycles. The molecule has 0 atom stereocenters. The van der Waals surface area contributed by atoms with Crippen molar-refractivity contribution in [2.24, 2.45) is 5.73 Å². The Balaban J connectivity index is 2.95. The third-order valence-electron chi connectivity index (χ3n) is 1.91. The topological polar surface area (TPSA) is 35.2 Å². The molecule has 0 fully saturated rings. The first-order chi connectivity index (χ1) is 6.29. The molecule has 0 aromatic heterocycles. The third kappa shape index (κ3) is 2.69. The molecule has 3 heteroatoms. The smallest absolute Gasteiger partial charge is 0.0716 e. The summed E-state index contributed by atoms with van der Waals surface area (Å²) < 4.78 is 5.07. The van der Waals surface area contributed by atoms with Gasteiger partial charge in [-0.2, -0.15) is 0 Å². The van der Waals surface area contributed by atoms with Gasteiger partial charge in [0.05, 0.1) is 6.61 Å². The summed E-state index contributed by atoms with van der Waals surface area (Å²) in [5.41, 5.74) is 7.73. The molecular formula is C10H14ClNO. The van der Waals surface area contributed by atoms with Crippen LogP contribution >= 0.6 is 11.6 Å². The van der Waals surface area contributed by atoms with E-state index >= 15 is 0 Å². The van der Waals surface area contributed by atoms with Crippen LogP contribution in [-0.2, 0) is 17.8 Å². The lowest BCUT2D eigenvalue weighted by atomic mass is 10.1. The SMILES string of the molecule is COCc1cccc(Cl)c1CCN. The van der Waals surface area contributed by atoms with E-state index in [2.05, 4.69) is 0 Å². The number of nitrogens with two attached hydrogens (primary N) is 1. The van der Waals surface area contributed by atoms with Crippen molar-refractivity contribution in [2.75, 3.05) is 13.7 Å². The zero-order valence-electron chi connectivity index (χ0n) is 7.72. The van der Waals surface area contributed by atoms with Crippen molar-refractivity contribution in [2.45, 2.75) is 13.0 Å². The van der Waals surface area contributed by atoms with Gasteiger partial charge in [0.1, 0.15) is 0 Å². The molecule has 0 aliphatic heterocycles. The van der Waals surface area contributed by atoms with Crippen LogP contribution in [0.4, 0.5) is 0 Å². The van der Waals surface area contributed by atoms with Gasteiger partial charge in [0.15, 0.2) is 0 Å². The highest BCUT2D eigenvalue weighted by Gasteiger charge is 2.05. The summed E-state index contributed by atoms with van der Waals surface area (Å²) in [5.74, 6) is 0. The predicted molar refractivity (Wildman–Crippen MR) is 54.9 cm³/mol. The van der Waals surface area contributed by atoms with Gasteiger partial charge >= 0.3 is 0 Å². The predicted octanol–water partition coefficient (Wildman–Crippen LogP) is 1.99. The Labute approximate surface area is 83.6 Å². The van der Waals surface area contributed by atoms with E-state index in [-0.39, 0.29) is 0 Å². The van der Waals surface area contributed by atoms with Crippen LogP contribution in [0.1, 0.15) is 11.1 Å². The number of methoxy groups -OCH3 is 1. The van der Waals surface area contributed by atoms with Crippen molar-refractivity contribution >= 4 is 11.6 Å². The maximum atomic E-state index is 6.03. The van der Waals surface area contributed by atoms with Crippen LogP contribution in [0, 0.1) is 0 Å². The van der Waals surface area contributed by atoms with E-state index in [0.717, 1.165) is 22.6 Å². The summed E-state index contributed by atoms with van der Waals surface area (Å²) in [6, 6.07) is 5.82. The molecule has 72 valence electrons. The van der Waals surface area contributed by atoms with E-state index < -0.39 is 0 Å². The summed E-state index contributed by atoms with van der Waals surface area (Å²) in [6.45, 7) is 1.20. The first-order valence-electron chi connectivity index (χ1n) is 4.25. The van der Waals surface area contributed by atoms with Crippen LogP contribution in [0.25, 0.3) is 0 Å². The molecular weight excluding hydrogens is 186 g/mol. The number of hydrogen-bond acceptors (Lipinski definition) is 2. The summed E-state index contributed by atoms with van der Waals surface area (Å²) in [4.78, 5) is 0. The summed E-state index contributed by atoms with van der Waals surface area (Å²) >= 11 is 6.03. The minimum absolute atomic E-state index is 0.593. The summed E-state index contributed by atoms with van der Waals surface area (Å²) in [6.07, 6.45) is 0.804. The van der Waals surface area contributed by atoms with E-state index in [0.29, 0.717) is 13.2 Å². The Morgan fingerprint density at radius 1 is 1.46 bits per heavy atom. The van der Waals surface area contributed by atoms with Crippen molar-refractivity contribution in [1.29, 1.82) is 0 Å². The van der Waals surface area contributed by atoms with Crippen LogP contribution < -0.4 is 5.73 Å². The number of halogens is 1. The highest BCUT2D eigenvalue weighted by Crippen LogP contribution is 2.20. The third-order valence-corrected chi connectivity index (χ3v) is 2.26. The summed E-state index contributed by atoms with van der Waals surface area (Å²) in [5, 5.41) is 0.778. The zero-order chi connectivity index (χ0) is 9.68. The molecule has 2 N–H and O–H groups in total. The van der Waals surface area contributed by atoms with E-state index in [4.69, 9.17) is 22.1 Å². The Kier molecular flexibility index (Phi) is 4.22. The van der Waals surface area contributed by atoms with E-state index in [9.17, 15) is 0 Å². The highest BCUT2D eigenvalue weighted by atomic mass is 35.5. The van der Waals surface area contributed by atoms with Gasteiger partial charge < -0.3 is 10.5 Å². The number of ether oxygens (including phenoxy) is 1.